The lowest BCUT2D eigenvalue weighted by molar-refractivity contribution is 0.157. The normalized spacial score (nSPS) is 15.8. The van der Waals surface area contributed by atoms with Gasteiger partial charge >= 0.3 is 6.03 Å². The van der Waals surface area contributed by atoms with Crippen LogP contribution in [0.3, 0.4) is 0 Å². The van der Waals surface area contributed by atoms with Crippen LogP contribution in [0.15, 0.2) is 36.7 Å². The summed E-state index contributed by atoms with van der Waals surface area (Å²) in [5, 5.41) is 6.10. The molecule has 1 aromatic carbocycles. The molecule has 2 aliphatic rings. The van der Waals surface area contributed by atoms with Crippen LogP contribution in [0, 0.1) is 0 Å². The number of benzene rings is 1. The highest BCUT2D eigenvalue weighted by atomic mass is 16.7. The Bertz CT molecular complexity index is 734. The number of fused-ring (bicyclic) bond motifs is 1. The van der Waals surface area contributed by atoms with Gasteiger partial charge in [-0.2, -0.15) is 0 Å². The van der Waals surface area contributed by atoms with E-state index in [0.29, 0.717) is 25.6 Å². The van der Waals surface area contributed by atoms with Gasteiger partial charge in [0.25, 0.3) is 0 Å². The third-order valence-electron chi connectivity index (χ3n) is 3.95. The van der Waals surface area contributed by atoms with Crippen LogP contribution in [-0.4, -0.2) is 46.8 Å². The Morgan fingerprint density at radius 3 is 2.83 bits per heavy atom. The highest BCUT2D eigenvalue weighted by molar-refractivity contribution is 5.75. The Balaban J connectivity index is 1.23. The van der Waals surface area contributed by atoms with Crippen molar-refractivity contribution in [3.8, 4) is 11.5 Å². The molecule has 4 rings (SSSR count). The standard InChI is InChI=1S/C16H17N5O3/c22-16(19-7-11-2-3-13-14(6-11)24-10-23-13)21-8-12(9-21)20-15-17-4-1-5-18-15/h1-6,12H,7-10H2,(H,19,22)(H,17,18,20). The fourth-order valence-corrected chi connectivity index (χ4v) is 2.63. The van der Waals surface area contributed by atoms with E-state index >= 15 is 0 Å². The van der Waals surface area contributed by atoms with Crippen molar-refractivity contribution in [3.63, 3.8) is 0 Å². The average Bonchev–Trinajstić information content (AvgIpc) is 3.04. The predicted molar refractivity (Wildman–Crippen MR) is 85.8 cm³/mol. The number of nitrogens with zero attached hydrogens (tertiary/aromatic N) is 3. The maximum atomic E-state index is 12.1. The molecule has 0 radical (unpaired) electrons. The number of carbonyl (C=O) groups is 1. The number of hydrogen-bond donors (Lipinski definition) is 2. The molecule has 24 heavy (non-hydrogen) atoms. The van der Waals surface area contributed by atoms with Crippen molar-refractivity contribution in [2.24, 2.45) is 0 Å². The summed E-state index contributed by atoms with van der Waals surface area (Å²) in [7, 11) is 0. The molecule has 1 saturated heterocycles. The van der Waals surface area contributed by atoms with Crippen LogP contribution in [-0.2, 0) is 6.54 Å². The van der Waals surface area contributed by atoms with Gasteiger partial charge in [0, 0.05) is 32.0 Å². The third kappa shape index (κ3) is 3.03. The smallest absolute Gasteiger partial charge is 0.317 e. The molecule has 0 bridgehead atoms. The van der Waals surface area contributed by atoms with E-state index in [1.807, 2.05) is 18.2 Å². The van der Waals surface area contributed by atoms with Gasteiger partial charge in [0.05, 0.1) is 6.04 Å². The molecule has 2 aromatic rings. The fraction of sp³-hybridized carbons (Fsp3) is 0.312. The summed E-state index contributed by atoms with van der Waals surface area (Å²) in [6.45, 7) is 1.96. The number of aromatic nitrogens is 2. The van der Waals surface area contributed by atoms with Crippen LogP contribution in [0.4, 0.5) is 10.7 Å². The zero-order chi connectivity index (χ0) is 16.4. The summed E-state index contributed by atoms with van der Waals surface area (Å²) in [5.74, 6) is 2.05. The van der Waals surface area contributed by atoms with Crippen molar-refractivity contribution < 1.29 is 14.3 Å². The summed E-state index contributed by atoms with van der Waals surface area (Å²) < 4.78 is 10.6. The van der Waals surface area contributed by atoms with Crippen LogP contribution in [0.2, 0.25) is 0 Å². The number of nitrogens with one attached hydrogen (secondary N) is 2. The lowest BCUT2D eigenvalue weighted by atomic mass is 10.1. The number of ether oxygens (including phenoxy) is 2. The van der Waals surface area contributed by atoms with Crippen LogP contribution in [0.5, 0.6) is 11.5 Å². The van der Waals surface area contributed by atoms with E-state index in [4.69, 9.17) is 9.47 Å². The van der Waals surface area contributed by atoms with E-state index in [-0.39, 0.29) is 18.9 Å². The first kappa shape index (κ1) is 14.6. The fourth-order valence-electron chi connectivity index (χ4n) is 2.63. The SMILES string of the molecule is O=C(NCc1ccc2c(c1)OCO2)N1CC(Nc2ncccn2)C1. The van der Waals surface area contributed by atoms with Crippen molar-refractivity contribution in [2.45, 2.75) is 12.6 Å². The van der Waals surface area contributed by atoms with Crippen LogP contribution < -0.4 is 20.1 Å². The second-order valence-corrected chi connectivity index (χ2v) is 5.66. The van der Waals surface area contributed by atoms with Crippen molar-refractivity contribution in [2.75, 3.05) is 25.2 Å². The Hall–Kier alpha value is -3.03. The number of amides is 2. The molecule has 8 heteroatoms. The summed E-state index contributed by atoms with van der Waals surface area (Å²) in [4.78, 5) is 22.1. The third-order valence-corrected chi connectivity index (χ3v) is 3.95. The van der Waals surface area contributed by atoms with Crippen LogP contribution in [0.25, 0.3) is 0 Å². The van der Waals surface area contributed by atoms with Gasteiger partial charge in [-0.1, -0.05) is 6.07 Å². The first-order chi connectivity index (χ1) is 11.8. The summed E-state index contributed by atoms with van der Waals surface area (Å²) in [5.41, 5.74) is 0.973. The Morgan fingerprint density at radius 2 is 2.00 bits per heavy atom. The molecule has 0 aliphatic carbocycles. The second kappa shape index (κ2) is 6.23. The van der Waals surface area contributed by atoms with E-state index in [1.54, 1.807) is 23.4 Å². The van der Waals surface area contributed by atoms with Crippen molar-refractivity contribution in [1.82, 2.24) is 20.2 Å². The first-order valence-corrected chi connectivity index (χ1v) is 7.73. The highest BCUT2D eigenvalue weighted by Gasteiger charge is 2.30. The van der Waals surface area contributed by atoms with Crippen LogP contribution >= 0.6 is 0 Å². The molecule has 1 aromatic heterocycles. The van der Waals surface area contributed by atoms with E-state index in [1.165, 1.54) is 0 Å². The minimum Gasteiger partial charge on any atom is -0.454 e. The molecule has 2 amide bonds. The largest absolute Gasteiger partial charge is 0.454 e. The first-order valence-electron chi connectivity index (χ1n) is 7.73. The van der Waals surface area contributed by atoms with Crippen molar-refractivity contribution >= 4 is 12.0 Å². The lowest BCUT2D eigenvalue weighted by Gasteiger charge is -2.39. The van der Waals surface area contributed by atoms with Crippen molar-refractivity contribution in [1.29, 1.82) is 0 Å². The zero-order valence-electron chi connectivity index (χ0n) is 12.9. The number of carbonyl (C=O) groups excluding carboxylic acids is 1. The van der Waals surface area contributed by atoms with E-state index < -0.39 is 0 Å². The minimum atomic E-state index is -0.0836. The lowest BCUT2D eigenvalue weighted by Crippen LogP contribution is -2.59. The average molecular weight is 327 g/mol. The van der Waals surface area contributed by atoms with Gasteiger partial charge in [0.15, 0.2) is 11.5 Å². The summed E-state index contributed by atoms with van der Waals surface area (Å²) in [6.07, 6.45) is 3.37. The molecular weight excluding hydrogens is 310 g/mol. The van der Waals surface area contributed by atoms with Gasteiger partial charge in [-0.3, -0.25) is 0 Å². The second-order valence-electron chi connectivity index (χ2n) is 5.66. The molecule has 0 saturated carbocycles. The molecule has 0 atom stereocenters. The molecule has 0 spiro atoms. The van der Waals surface area contributed by atoms with Crippen LogP contribution in [0.1, 0.15) is 5.56 Å². The molecule has 0 unspecified atom stereocenters. The van der Waals surface area contributed by atoms with E-state index in [9.17, 15) is 4.79 Å². The van der Waals surface area contributed by atoms with Gasteiger partial charge in [0.1, 0.15) is 0 Å². The maximum Gasteiger partial charge on any atom is 0.317 e. The van der Waals surface area contributed by atoms with E-state index in [0.717, 1.165) is 17.1 Å². The summed E-state index contributed by atoms with van der Waals surface area (Å²) >= 11 is 0. The van der Waals surface area contributed by atoms with Gasteiger partial charge in [-0.25, -0.2) is 14.8 Å². The topological polar surface area (TPSA) is 88.6 Å². The zero-order valence-corrected chi connectivity index (χ0v) is 12.9. The Kier molecular flexibility index (Phi) is 3.78. The summed E-state index contributed by atoms with van der Waals surface area (Å²) in [6, 6.07) is 7.52. The monoisotopic (exact) mass is 327 g/mol. The van der Waals surface area contributed by atoms with Gasteiger partial charge in [-0.05, 0) is 23.8 Å². The molecule has 2 N–H and O–H groups in total. The number of urea groups is 1. The number of likely N-dealkylation sites (tertiary alicyclic amines) is 1. The molecule has 3 heterocycles. The van der Waals surface area contributed by atoms with Gasteiger partial charge in [0.2, 0.25) is 12.7 Å². The van der Waals surface area contributed by atoms with E-state index in [2.05, 4.69) is 20.6 Å². The quantitative estimate of drug-likeness (QED) is 0.877. The Morgan fingerprint density at radius 1 is 1.21 bits per heavy atom. The minimum absolute atomic E-state index is 0.0836. The highest BCUT2D eigenvalue weighted by Crippen LogP contribution is 2.32. The number of hydrogen-bond acceptors (Lipinski definition) is 6. The molecule has 8 nitrogen and oxygen atoms in total. The van der Waals surface area contributed by atoms with Crippen molar-refractivity contribution in [3.05, 3.63) is 42.2 Å². The Labute approximate surface area is 138 Å². The molecule has 1 fully saturated rings. The van der Waals surface area contributed by atoms with Gasteiger partial charge in [-0.15, -0.1) is 0 Å². The molecule has 2 aliphatic heterocycles. The van der Waals surface area contributed by atoms with Gasteiger partial charge < -0.3 is 25.0 Å². The molecule has 124 valence electrons. The maximum absolute atomic E-state index is 12.1. The number of rotatable bonds is 4. The number of anilines is 1. The predicted octanol–water partition coefficient (Wildman–Crippen LogP) is 1.21. The molecular formula is C16H17N5O3.